The third-order valence-corrected chi connectivity index (χ3v) is 3.50. The molecule has 7 heteroatoms. The highest BCUT2D eigenvalue weighted by Gasteiger charge is 2.13. The number of hydrogen-bond donors (Lipinski definition) is 1. The van der Waals surface area contributed by atoms with Gasteiger partial charge in [0.15, 0.2) is 5.76 Å². The Kier molecular flexibility index (Phi) is 3.23. The van der Waals surface area contributed by atoms with Gasteiger partial charge >= 0.3 is 0 Å². The Bertz CT molecular complexity index is 930. The molecule has 2 N–H and O–H groups in total. The summed E-state index contributed by atoms with van der Waals surface area (Å²) < 4.78 is 6.72. The molecule has 0 unspecified atom stereocenters. The van der Waals surface area contributed by atoms with Crippen molar-refractivity contribution in [3.8, 4) is 11.6 Å². The summed E-state index contributed by atoms with van der Waals surface area (Å²) in [5, 5.41) is 4.28. The minimum Gasteiger partial charge on any atom is -0.461 e. The highest BCUT2D eigenvalue weighted by atomic mass is 16.3. The molecule has 4 rings (SSSR count). The Morgan fingerprint density at radius 2 is 1.83 bits per heavy atom. The van der Waals surface area contributed by atoms with Crippen LogP contribution in [0.4, 0.5) is 5.95 Å². The summed E-state index contributed by atoms with van der Waals surface area (Å²) in [5.41, 5.74) is 7.20. The fourth-order valence-corrected chi connectivity index (χ4v) is 2.37. The number of aryl methyl sites for hydroxylation is 2. The SMILES string of the molecule is Nc1nc(CCc2ccccc2)nc2nc(-c3ccco3)nn12. The molecule has 1 aromatic carbocycles. The van der Waals surface area contributed by atoms with Gasteiger partial charge in [0.1, 0.15) is 5.82 Å². The highest BCUT2D eigenvalue weighted by Crippen LogP contribution is 2.17. The maximum Gasteiger partial charge on any atom is 0.257 e. The van der Waals surface area contributed by atoms with Gasteiger partial charge < -0.3 is 10.2 Å². The van der Waals surface area contributed by atoms with E-state index >= 15 is 0 Å². The molecule has 114 valence electrons. The van der Waals surface area contributed by atoms with Crippen LogP contribution in [0, 0.1) is 0 Å². The average molecular weight is 306 g/mol. The van der Waals surface area contributed by atoms with Gasteiger partial charge in [0.25, 0.3) is 5.78 Å². The van der Waals surface area contributed by atoms with E-state index in [9.17, 15) is 0 Å². The molecule has 0 atom stereocenters. The summed E-state index contributed by atoms with van der Waals surface area (Å²) >= 11 is 0. The van der Waals surface area contributed by atoms with Crippen molar-refractivity contribution in [2.24, 2.45) is 0 Å². The van der Waals surface area contributed by atoms with Crippen LogP contribution in [0.5, 0.6) is 0 Å². The summed E-state index contributed by atoms with van der Waals surface area (Å²) in [6, 6.07) is 13.7. The summed E-state index contributed by atoms with van der Waals surface area (Å²) in [5.74, 6) is 2.35. The van der Waals surface area contributed by atoms with Gasteiger partial charge in [-0.1, -0.05) is 30.3 Å². The van der Waals surface area contributed by atoms with Crippen LogP contribution in [0.2, 0.25) is 0 Å². The van der Waals surface area contributed by atoms with E-state index in [4.69, 9.17) is 10.2 Å². The number of nitrogens with zero attached hydrogens (tertiary/aromatic N) is 5. The first-order chi connectivity index (χ1) is 11.3. The lowest BCUT2D eigenvalue weighted by atomic mass is 10.1. The second kappa shape index (κ2) is 5.53. The highest BCUT2D eigenvalue weighted by molar-refractivity contribution is 5.50. The van der Waals surface area contributed by atoms with Crippen LogP contribution in [0.15, 0.2) is 53.1 Å². The van der Waals surface area contributed by atoms with Gasteiger partial charge in [-0.05, 0) is 24.1 Å². The molecule has 0 radical (unpaired) electrons. The summed E-state index contributed by atoms with van der Waals surface area (Å²) in [4.78, 5) is 13.1. The zero-order valence-electron chi connectivity index (χ0n) is 12.3. The second-order valence-electron chi connectivity index (χ2n) is 5.11. The maximum absolute atomic E-state index is 5.97. The lowest BCUT2D eigenvalue weighted by molar-refractivity contribution is 0.577. The van der Waals surface area contributed by atoms with Crippen molar-refractivity contribution < 1.29 is 4.42 Å². The first kappa shape index (κ1) is 13.4. The molecule has 0 saturated heterocycles. The van der Waals surface area contributed by atoms with E-state index in [1.165, 1.54) is 10.1 Å². The standard InChI is InChI=1S/C16H14N6O/c17-15-18-13(9-8-11-5-2-1-3-6-11)19-16-20-14(21-22(15)16)12-7-4-10-23-12/h1-7,10H,8-9H2,(H2,17,18,19,20,21). The van der Waals surface area contributed by atoms with Gasteiger partial charge in [-0.2, -0.15) is 19.5 Å². The maximum atomic E-state index is 5.97. The number of hydrogen-bond acceptors (Lipinski definition) is 6. The topological polar surface area (TPSA) is 95.1 Å². The van der Waals surface area contributed by atoms with Crippen LogP contribution in [-0.4, -0.2) is 24.6 Å². The van der Waals surface area contributed by atoms with Crippen molar-refractivity contribution >= 4 is 11.7 Å². The fourth-order valence-electron chi connectivity index (χ4n) is 2.37. The molecule has 0 aliphatic carbocycles. The molecule has 3 heterocycles. The lowest BCUT2D eigenvalue weighted by Crippen LogP contribution is -2.08. The number of furan rings is 1. The first-order valence-corrected chi connectivity index (χ1v) is 7.26. The molecular weight excluding hydrogens is 292 g/mol. The lowest BCUT2D eigenvalue weighted by Gasteiger charge is -2.02. The Morgan fingerprint density at radius 1 is 0.957 bits per heavy atom. The number of nitrogens with two attached hydrogens (primary N) is 1. The van der Waals surface area contributed by atoms with Crippen molar-refractivity contribution in [2.75, 3.05) is 5.73 Å². The molecule has 0 aliphatic rings. The Labute approximate surface area is 131 Å². The molecule has 0 fully saturated rings. The van der Waals surface area contributed by atoms with E-state index in [-0.39, 0.29) is 5.95 Å². The Hall–Kier alpha value is -3.22. The van der Waals surface area contributed by atoms with Crippen LogP contribution >= 0.6 is 0 Å². The first-order valence-electron chi connectivity index (χ1n) is 7.26. The van der Waals surface area contributed by atoms with Gasteiger partial charge in [0.2, 0.25) is 11.8 Å². The largest absolute Gasteiger partial charge is 0.461 e. The molecule has 0 amide bonds. The number of benzene rings is 1. The minimum absolute atomic E-state index is 0.267. The number of anilines is 1. The predicted octanol–water partition coefficient (Wildman–Crippen LogP) is 2.15. The smallest absolute Gasteiger partial charge is 0.257 e. The van der Waals surface area contributed by atoms with Gasteiger partial charge in [0, 0.05) is 6.42 Å². The number of aromatic nitrogens is 5. The average Bonchev–Trinajstić information content (AvgIpc) is 3.23. The molecule has 0 aliphatic heterocycles. The van der Waals surface area contributed by atoms with Gasteiger partial charge in [0.05, 0.1) is 6.26 Å². The summed E-state index contributed by atoms with van der Waals surface area (Å²) in [6.45, 7) is 0. The van der Waals surface area contributed by atoms with Crippen molar-refractivity contribution in [1.82, 2.24) is 24.6 Å². The number of nitrogen functional groups attached to an aromatic ring is 1. The monoisotopic (exact) mass is 306 g/mol. The zero-order valence-corrected chi connectivity index (χ0v) is 12.3. The van der Waals surface area contributed by atoms with Crippen molar-refractivity contribution in [3.05, 3.63) is 60.1 Å². The molecule has 3 aromatic heterocycles. The Morgan fingerprint density at radius 3 is 2.61 bits per heavy atom. The molecule has 23 heavy (non-hydrogen) atoms. The fraction of sp³-hybridized carbons (Fsp3) is 0.125. The minimum atomic E-state index is 0.267. The van der Waals surface area contributed by atoms with Gasteiger partial charge in [-0.3, -0.25) is 0 Å². The van der Waals surface area contributed by atoms with Crippen LogP contribution < -0.4 is 5.73 Å². The van der Waals surface area contributed by atoms with Crippen LogP contribution in [0.25, 0.3) is 17.4 Å². The molecule has 4 aromatic rings. The molecular formula is C16H14N6O. The van der Waals surface area contributed by atoms with Crippen LogP contribution in [0.1, 0.15) is 11.4 Å². The molecule has 0 saturated carbocycles. The summed E-state index contributed by atoms with van der Waals surface area (Å²) in [7, 11) is 0. The predicted molar refractivity (Wildman–Crippen MR) is 84.5 cm³/mol. The molecule has 0 bridgehead atoms. The van der Waals surface area contributed by atoms with E-state index in [0.29, 0.717) is 29.6 Å². The van der Waals surface area contributed by atoms with E-state index in [0.717, 1.165) is 6.42 Å². The Balaban J connectivity index is 1.64. The van der Waals surface area contributed by atoms with Crippen molar-refractivity contribution in [3.63, 3.8) is 0 Å². The van der Waals surface area contributed by atoms with E-state index < -0.39 is 0 Å². The number of fused-ring (bicyclic) bond motifs is 1. The molecule has 7 nitrogen and oxygen atoms in total. The van der Waals surface area contributed by atoms with Crippen molar-refractivity contribution in [2.45, 2.75) is 12.8 Å². The third kappa shape index (κ3) is 2.64. The van der Waals surface area contributed by atoms with Gasteiger partial charge in [-0.25, -0.2) is 0 Å². The van der Waals surface area contributed by atoms with Crippen molar-refractivity contribution in [1.29, 1.82) is 0 Å². The quantitative estimate of drug-likeness (QED) is 0.620. The summed E-state index contributed by atoms with van der Waals surface area (Å²) in [6.07, 6.45) is 3.10. The van der Waals surface area contributed by atoms with E-state index in [1.807, 2.05) is 18.2 Å². The molecule has 0 spiro atoms. The van der Waals surface area contributed by atoms with Crippen LogP contribution in [-0.2, 0) is 12.8 Å². The zero-order chi connectivity index (χ0) is 15.6. The number of rotatable bonds is 4. The normalized spacial score (nSPS) is 11.1. The van der Waals surface area contributed by atoms with Gasteiger partial charge in [-0.15, -0.1) is 5.10 Å². The second-order valence-corrected chi connectivity index (χ2v) is 5.11. The third-order valence-electron chi connectivity index (χ3n) is 3.50. The van der Waals surface area contributed by atoms with E-state index in [1.54, 1.807) is 18.4 Å². The van der Waals surface area contributed by atoms with E-state index in [2.05, 4.69) is 32.2 Å². The van der Waals surface area contributed by atoms with Crippen LogP contribution in [0.3, 0.4) is 0 Å².